The third-order valence-corrected chi connectivity index (χ3v) is 5.41. The fraction of sp³-hybridized carbons (Fsp3) is 0.455. The highest BCUT2D eigenvalue weighted by Crippen LogP contribution is 2.36. The van der Waals surface area contributed by atoms with Crippen LogP contribution in [0.5, 0.6) is 0 Å². The van der Waals surface area contributed by atoms with Gasteiger partial charge in [-0.2, -0.15) is 0 Å². The summed E-state index contributed by atoms with van der Waals surface area (Å²) in [4.78, 5) is 0. The molecule has 0 saturated heterocycles. The monoisotopic (exact) mass is 362 g/mol. The first-order valence-electron chi connectivity index (χ1n) is 9.33. The molecule has 0 radical (unpaired) electrons. The maximum Gasteiger partial charge on any atom is 0.162 e. The van der Waals surface area contributed by atoms with Gasteiger partial charge in [-0.15, -0.1) is 0 Å². The van der Waals surface area contributed by atoms with Crippen molar-refractivity contribution in [2.45, 2.75) is 64.6 Å². The molecule has 0 atom stereocenters. The van der Waals surface area contributed by atoms with Gasteiger partial charge in [0.05, 0.1) is 12.7 Å². The molecule has 1 saturated carbocycles. The Balaban J connectivity index is 1.56. The fourth-order valence-electron chi connectivity index (χ4n) is 3.67. The molecule has 0 aliphatic heterocycles. The second-order valence-electron chi connectivity index (χ2n) is 7.16. The van der Waals surface area contributed by atoms with Gasteiger partial charge in [-0.05, 0) is 73.3 Å². The predicted octanol–water partition coefficient (Wildman–Crippen LogP) is 6.22. The van der Waals surface area contributed by atoms with Gasteiger partial charge in [0.2, 0.25) is 0 Å². The fourth-order valence-corrected chi connectivity index (χ4v) is 3.67. The molecule has 0 bridgehead atoms. The molecule has 0 aromatic heterocycles. The molecule has 1 nitrogen and oxygen atoms in total. The first-order valence-corrected chi connectivity index (χ1v) is 9.33. The Morgan fingerprint density at radius 2 is 1.69 bits per heavy atom. The molecular formula is C22H25F3O. The van der Waals surface area contributed by atoms with E-state index in [9.17, 15) is 13.2 Å². The molecule has 0 N–H and O–H groups in total. The van der Waals surface area contributed by atoms with Gasteiger partial charge in [-0.1, -0.05) is 31.2 Å². The highest BCUT2D eigenvalue weighted by molar-refractivity contribution is 5.29. The van der Waals surface area contributed by atoms with E-state index in [1.54, 1.807) is 25.1 Å². The maximum atomic E-state index is 14.3. The van der Waals surface area contributed by atoms with Gasteiger partial charge in [-0.25, -0.2) is 13.2 Å². The average molecular weight is 362 g/mol. The summed E-state index contributed by atoms with van der Waals surface area (Å²) in [5, 5.41) is 0. The predicted molar refractivity (Wildman–Crippen MR) is 96.7 cm³/mol. The summed E-state index contributed by atoms with van der Waals surface area (Å²) in [5.41, 5.74) is 2.35. The van der Waals surface area contributed by atoms with Crippen molar-refractivity contribution in [3.8, 4) is 0 Å². The second-order valence-corrected chi connectivity index (χ2v) is 7.16. The lowest BCUT2D eigenvalue weighted by Crippen LogP contribution is -2.21. The molecule has 0 unspecified atom stereocenters. The first-order chi connectivity index (χ1) is 12.5. The van der Waals surface area contributed by atoms with Gasteiger partial charge >= 0.3 is 0 Å². The first kappa shape index (κ1) is 19.0. The van der Waals surface area contributed by atoms with Crippen molar-refractivity contribution in [3.05, 3.63) is 70.0 Å². The summed E-state index contributed by atoms with van der Waals surface area (Å²) in [6.07, 6.45) is 3.72. The molecule has 0 spiro atoms. The van der Waals surface area contributed by atoms with E-state index in [-0.39, 0.29) is 17.8 Å². The van der Waals surface area contributed by atoms with E-state index < -0.39 is 11.6 Å². The zero-order valence-corrected chi connectivity index (χ0v) is 15.3. The Kier molecular flexibility index (Phi) is 6.02. The van der Waals surface area contributed by atoms with Crippen molar-refractivity contribution in [3.63, 3.8) is 0 Å². The van der Waals surface area contributed by atoms with E-state index in [0.29, 0.717) is 29.7 Å². The summed E-state index contributed by atoms with van der Waals surface area (Å²) >= 11 is 0. The van der Waals surface area contributed by atoms with Crippen LogP contribution in [0.2, 0.25) is 0 Å². The molecule has 1 aliphatic carbocycles. The van der Waals surface area contributed by atoms with Crippen LogP contribution >= 0.6 is 0 Å². The lowest BCUT2D eigenvalue weighted by Gasteiger charge is -2.29. The second kappa shape index (κ2) is 8.26. The molecule has 2 aromatic carbocycles. The molecule has 1 aliphatic rings. The Hall–Kier alpha value is -1.81. The topological polar surface area (TPSA) is 9.23 Å². The minimum absolute atomic E-state index is 0.0343. The Morgan fingerprint density at radius 3 is 2.35 bits per heavy atom. The quantitative estimate of drug-likeness (QED) is 0.614. The van der Waals surface area contributed by atoms with Crippen LogP contribution in [0.1, 0.15) is 60.8 Å². The zero-order valence-electron chi connectivity index (χ0n) is 15.3. The number of hydrogen-bond acceptors (Lipinski definition) is 1. The number of halogens is 3. The van der Waals surface area contributed by atoms with Crippen LogP contribution in [0, 0.1) is 24.4 Å². The highest BCUT2D eigenvalue weighted by atomic mass is 19.2. The van der Waals surface area contributed by atoms with Crippen LogP contribution in [0.4, 0.5) is 13.2 Å². The molecule has 140 valence electrons. The number of aryl methyl sites for hydroxylation is 2. The molecule has 0 amide bonds. The van der Waals surface area contributed by atoms with Crippen LogP contribution in [0.15, 0.2) is 30.3 Å². The summed E-state index contributed by atoms with van der Waals surface area (Å²) in [7, 11) is 0. The smallest absolute Gasteiger partial charge is 0.162 e. The van der Waals surface area contributed by atoms with Crippen molar-refractivity contribution in [1.82, 2.24) is 0 Å². The van der Waals surface area contributed by atoms with Gasteiger partial charge in [-0.3, -0.25) is 0 Å². The Morgan fingerprint density at radius 1 is 0.962 bits per heavy atom. The number of benzene rings is 2. The molecule has 0 heterocycles. The highest BCUT2D eigenvalue weighted by Gasteiger charge is 2.26. The Labute approximate surface area is 153 Å². The average Bonchev–Trinajstić information content (AvgIpc) is 2.65. The number of rotatable bonds is 5. The van der Waals surface area contributed by atoms with Crippen molar-refractivity contribution >= 4 is 0 Å². The lowest BCUT2D eigenvalue weighted by molar-refractivity contribution is 0.0130. The summed E-state index contributed by atoms with van der Waals surface area (Å²) in [5.74, 6) is -1.58. The SMILES string of the molecule is CCc1ccc(C2CCC(OCc3ccc(C)c(F)c3)CC2)c(F)c1F. The number of ether oxygens (including phenoxy) is 1. The normalized spacial score (nSPS) is 20.3. The van der Waals surface area contributed by atoms with E-state index in [1.807, 2.05) is 13.0 Å². The van der Waals surface area contributed by atoms with E-state index in [2.05, 4.69) is 0 Å². The minimum Gasteiger partial charge on any atom is -0.374 e. The van der Waals surface area contributed by atoms with Crippen molar-refractivity contribution in [2.24, 2.45) is 0 Å². The molecule has 4 heteroatoms. The van der Waals surface area contributed by atoms with Gasteiger partial charge < -0.3 is 4.74 Å². The van der Waals surface area contributed by atoms with Crippen molar-refractivity contribution < 1.29 is 17.9 Å². The van der Waals surface area contributed by atoms with Crippen LogP contribution < -0.4 is 0 Å². The van der Waals surface area contributed by atoms with Gasteiger partial charge in [0.15, 0.2) is 11.6 Å². The number of hydrogen-bond donors (Lipinski definition) is 0. The molecule has 2 aromatic rings. The summed E-state index contributed by atoms with van der Waals surface area (Å²) in [6, 6.07) is 8.56. The third-order valence-electron chi connectivity index (χ3n) is 5.41. The minimum atomic E-state index is -0.704. The van der Waals surface area contributed by atoms with Crippen molar-refractivity contribution in [2.75, 3.05) is 0 Å². The van der Waals surface area contributed by atoms with Crippen LogP contribution in [-0.2, 0) is 17.8 Å². The van der Waals surface area contributed by atoms with Crippen molar-refractivity contribution in [1.29, 1.82) is 0 Å². The van der Waals surface area contributed by atoms with Gasteiger partial charge in [0.1, 0.15) is 5.82 Å². The van der Waals surface area contributed by atoms with E-state index >= 15 is 0 Å². The zero-order chi connectivity index (χ0) is 18.7. The summed E-state index contributed by atoms with van der Waals surface area (Å²) < 4.78 is 47.9. The largest absolute Gasteiger partial charge is 0.374 e. The lowest BCUT2D eigenvalue weighted by atomic mass is 9.82. The Bertz CT molecular complexity index is 764. The molecule has 26 heavy (non-hydrogen) atoms. The van der Waals surface area contributed by atoms with Crippen LogP contribution in [0.3, 0.4) is 0 Å². The van der Waals surface area contributed by atoms with Crippen LogP contribution in [0.25, 0.3) is 0 Å². The van der Waals surface area contributed by atoms with E-state index in [1.165, 1.54) is 6.07 Å². The van der Waals surface area contributed by atoms with E-state index in [4.69, 9.17) is 4.74 Å². The van der Waals surface area contributed by atoms with Gasteiger partial charge in [0.25, 0.3) is 0 Å². The maximum absolute atomic E-state index is 14.3. The molecule has 1 fully saturated rings. The molecular weight excluding hydrogens is 337 g/mol. The van der Waals surface area contributed by atoms with Crippen LogP contribution in [-0.4, -0.2) is 6.10 Å². The molecule has 3 rings (SSSR count). The van der Waals surface area contributed by atoms with Gasteiger partial charge in [0, 0.05) is 0 Å². The summed E-state index contributed by atoms with van der Waals surface area (Å²) in [6.45, 7) is 3.93. The standard InChI is InChI=1S/C22H25F3O/c1-3-16-8-11-19(22(25)21(16)24)17-6-9-18(10-7-17)26-13-15-5-4-14(2)20(23)12-15/h4-5,8,11-12,17-18H,3,6-7,9-10,13H2,1-2H3. The van der Waals surface area contributed by atoms with E-state index in [0.717, 1.165) is 31.2 Å². The third kappa shape index (κ3) is 4.12.